The van der Waals surface area contributed by atoms with Crippen LogP contribution in [0.5, 0.6) is 0 Å². The molecule has 152 valence electrons. The van der Waals surface area contributed by atoms with Crippen LogP contribution >= 0.6 is 11.6 Å². The van der Waals surface area contributed by atoms with Gasteiger partial charge in [-0.2, -0.15) is 0 Å². The van der Waals surface area contributed by atoms with E-state index in [2.05, 4.69) is 39.1 Å². The molecule has 28 heavy (non-hydrogen) atoms. The van der Waals surface area contributed by atoms with Crippen molar-refractivity contribution in [2.75, 3.05) is 33.2 Å². The Hall–Kier alpha value is -2.12. The van der Waals surface area contributed by atoms with E-state index in [9.17, 15) is 4.39 Å². The molecule has 8 heteroatoms. The maximum Gasteiger partial charge on any atom is 0.194 e. The molecule has 0 aliphatic carbocycles. The summed E-state index contributed by atoms with van der Waals surface area (Å²) in [5.41, 5.74) is 1.51. The molecule has 1 aliphatic rings. The molecule has 1 N–H and O–H groups in total. The molecule has 1 saturated heterocycles. The molecule has 1 aromatic carbocycles. The molecule has 3 rings (SSSR count). The van der Waals surface area contributed by atoms with Crippen LogP contribution in [-0.2, 0) is 13.1 Å². The Morgan fingerprint density at radius 2 is 2.07 bits per heavy atom. The van der Waals surface area contributed by atoms with Crippen LogP contribution in [0, 0.1) is 5.82 Å². The average Bonchev–Trinajstić information content (AvgIpc) is 3.16. The van der Waals surface area contributed by atoms with Crippen molar-refractivity contribution in [1.29, 1.82) is 0 Å². The Kier molecular flexibility index (Phi) is 6.91. The first-order valence-corrected chi connectivity index (χ1v) is 9.92. The van der Waals surface area contributed by atoms with E-state index < -0.39 is 0 Å². The van der Waals surface area contributed by atoms with E-state index in [4.69, 9.17) is 16.1 Å². The summed E-state index contributed by atoms with van der Waals surface area (Å²) in [6.45, 7) is 8.46. The molecule has 0 saturated carbocycles. The number of piperazine rings is 1. The van der Waals surface area contributed by atoms with E-state index in [0.29, 0.717) is 29.6 Å². The van der Waals surface area contributed by atoms with Crippen molar-refractivity contribution >= 4 is 17.6 Å². The van der Waals surface area contributed by atoms with Crippen molar-refractivity contribution in [1.82, 2.24) is 20.3 Å². The Bertz CT molecular complexity index is 794. The lowest BCUT2D eigenvalue weighted by atomic mass is 10.1. The first kappa shape index (κ1) is 20.6. The molecule has 0 bridgehead atoms. The van der Waals surface area contributed by atoms with Crippen LogP contribution in [0.15, 0.2) is 33.8 Å². The maximum atomic E-state index is 14.0. The quantitative estimate of drug-likeness (QED) is 0.607. The highest BCUT2D eigenvalue weighted by Crippen LogP contribution is 2.21. The van der Waals surface area contributed by atoms with E-state index in [1.54, 1.807) is 19.2 Å². The molecule has 1 fully saturated rings. The second-order valence-electron chi connectivity index (χ2n) is 7.24. The molecule has 0 unspecified atom stereocenters. The molecule has 2 aromatic rings. The van der Waals surface area contributed by atoms with Gasteiger partial charge in [0.2, 0.25) is 0 Å². The zero-order valence-electron chi connectivity index (χ0n) is 16.6. The molecule has 2 heterocycles. The number of aliphatic imine (C=N–C) groups is 1. The highest BCUT2D eigenvalue weighted by atomic mass is 35.5. The highest BCUT2D eigenvalue weighted by Gasteiger charge is 2.21. The highest BCUT2D eigenvalue weighted by molar-refractivity contribution is 6.31. The van der Waals surface area contributed by atoms with Crippen LogP contribution in [-0.4, -0.2) is 54.1 Å². The SMILES string of the molecule is CN=C(NCc1cc(C(C)C)no1)N1CCN(Cc2c(F)cccc2Cl)CC1. The van der Waals surface area contributed by atoms with Gasteiger partial charge in [-0.25, -0.2) is 4.39 Å². The van der Waals surface area contributed by atoms with Crippen LogP contribution in [0.1, 0.15) is 36.8 Å². The number of aromatic nitrogens is 1. The summed E-state index contributed by atoms with van der Waals surface area (Å²) >= 11 is 6.15. The summed E-state index contributed by atoms with van der Waals surface area (Å²) in [6.07, 6.45) is 0. The number of guanidine groups is 1. The average molecular weight is 408 g/mol. The van der Waals surface area contributed by atoms with E-state index in [-0.39, 0.29) is 5.82 Å². The van der Waals surface area contributed by atoms with Gasteiger partial charge in [0.25, 0.3) is 0 Å². The summed E-state index contributed by atoms with van der Waals surface area (Å²) in [5.74, 6) is 1.71. The van der Waals surface area contributed by atoms with Crippen LogP contribution in [0.4, 0.5) is 4.39 Å². The normalized spacial score (nSPS) is 16.1. The van der Waals surface area contributed by atoms with Gasteiger partial charge in [-0.15, -0.1) is 0 Å². The third-order valence-corrected chi connectivity index (χ3v) is 5.27. The lowest BCUT2D eigenvalue weighted by Gasteiger charge is -2.36. The first-order valence-electron chi connectivity index (χ1n) is 9.54. The fourth-order valence-corrected chi connectivity index (χ4v) is 3.43. The van der Waals surface area contributed by atoms with E-state index in [1.165, 1.54) is 6.07 Å². The zero-order valence-corrected chi connectivity index (χ0v) is 17.3. The van der Waals surface area contributed by atoms with Gasteiger partial charge in [-0.05, 0) is 18.1 Å². The van der Waals surface area contributed by atoms with Crippen molar-refractivity contribution in [3.63, 3.8) is 0 Å². The Labute approximate surface area is 170 Å². The van der Waals surface area contributed by atoms with Gasteiger partial charge in [0.1, 0.15) is 5.82 Å². The van der Waals surface area contributed by atoms with Crippen LogP contribution in [0.3, 0.4) is 0 Å². The summed E-state index contributed by atoms with van der Waals surface area (Å²) in [7, 11) is 1.77. The fraction of sp³-hybridized carbons (Fsp3) is 0.500. The molecule has 0 spiro atoms. The number of hydrogen-bond acceptors (Lipinski definition) is 4. The lowest BCUT2D eigenvalue weighted by Crippen LogP contribution is -2.52. The van der Waals surface area contributed by atoms with Gasteiger partial charge in [0.15, 0.2) is 11.7 Å². The number of benzene rings is 1. The minimum Gasteiger partial charge on any atom is -0.359 e. The maximum absolute atomic E-state index is 14.0. The minimum absolute atomic E-state index is 0.250. The molecule has 1 aromatic heterocycles. The summed E-state index contributed by atoms with van der Waals surface area (Å²) in [5, 5.41) is 7.89. The Balaban J connectivity index is 1.51. The van der Waals surface area contributed by atoms with Crippen molar-refractivity contribution < 1.29 is 8.91 Å². The van der Waals surface area contributed by atoms with Crippen LogP contribution < -0.4 is 5.32 Å². The largest absolute Gasteiger partial charge is 0.359 e. The predicted molar refractivity (Wildman–Crippen MR) is 109 cm³/mol. The molecule has 6 nitrogen and oxygen atoms in total. The summed E-state index contributed by atoms with van der Waals surface area (Å²) in [6, 6.07) is 6.79. The molecule has 1 aliphatic heterocycles. The molecule has 0 radical (unpaired) electrons. The minimum atomic E-state index is -0.250. The van der Waals surface area contributed by atoms with Crippen molar-refractivity contribution in [2.45, 2.75) is 32.9 Å². The van der Waals surface area contributed by atoms with Crippen molar-refractivity contribution in [2.24, 2.45) is 4.99 Å². The molecular weight excluding hydrogens is 381 g/mol. The van der Waals surface area contributed by atoms with Crippen LogP contribution in [0.2, 0.25) is 5.02 Å². The van der Waals surface area contributed by atoms with E-state index >= 15 is 0 Å². The van der Waals surface area contributed by atoms with Gasteiger partial charge in [-0.3, -0.25) is 9.89 Å². The predicted octanol–water partition coefficient (Wildman–Crippen LogP) is 3.48. The fourth-order valence-electron chi connectivity index (χ4n) is 3.21. The van der Waals surface area contributed by atoms with Gasteiger partial charge in [0, 0.05) is 56.4 Å². The van der Waals surface area contributed by atoms with Gasteiger partial charge in [-0.1, -0.05) is 36.7 Å². The first-order chi connectivity index (χ1) is 13.5. The second-order valence-corrected chi connectivity index (χ2v) is 7.64. The third-order valence-electron chi connectivity index (χ3n) is 4.92. The van der Waals surface area contributed by atoms with Gasteiger partial charge in [0.05, 0.1) is 12.2 Å². The topological polar surface area (TPSA) is 56.9 Å². The number of nitrogens with one attached hydrogen (secondary N) is 1. The Morgan fingerprint density at radius 1 is 1.32 bits per heavy atom. The molecule has 0 atom stereocenters. The Morgan fingerprint density at radius 3 is 2.68 bits per heavy atom. The third kappa shape index (κ3) is 5.02. The number of hydrogen-bond donors (Lipinski definition) is 1. The lowest BCUT2D eigenvalue weighted by molar-refractivity contribution is 0.170. The molecule has 0 amide bonds. The summed E-state index contributed by atoms with van der Waals surface area (Å²) in [4.78, 5) is 8.78. The number of nitrogens with zero attached hydrogens (tertiary/aromatic N) is 4. The van der Waals surface area contributed by atoms with Gasteiger partial charge < -0.3 is 14.7 Å². The van der Waals surface area contributed by atoms with Crippen molar-refractivity contribution in [3.05, 3.63) is 52.1 Å². The molecular formula is C20H27ClFN5O. The van der Waals surface area contributed by atoms with Gasteiger partial charge >= 0.3 is 0 Å². The monoisotopic (exact) mass is 407 g/mol. The zero-order chi connectivity index (χ0) is 20.1. The number of rotatable bonds is 5. The van der Waals surface area contributed by atoms with Crippen molar-refractivity contribution in [3.8, 4) is 0 Å². The summed E-state index contributed by atoms with van der Waals surface area (Å²) < 4.78 is 19.4. The number of halogens is 2. The smallest absolute Gasteiger partial charge is 0.194 e. The van der Waals surface area contributed by atoms with E-state index in [0.717, 1.165) is 43.6 Å². The van der Waals surface area contributed by atoms with E-state index in [1.807, 2.05) is 6.07 Å². The van der Waals surface area contributed by atoms with Crippen LogP contribution in [0.25, 0.3) is 0 Å². The standard InChI is InChI=1S/C20H27ClFN5O/c1-14(2)19-11-15(28-25-19)12-24-20(23-3)27-9-7-26(8-10-27)13-16-17(21)5-4-6-18(16)22/h4-6,11,14H,7-10,12-13H2,1-3H3,(H,23,24). The second kappa shape index (κ2) is 9.39.